The maximum Gasteiger partial charge on any atom is 0.209 e. The minimum Gasteiger partial charge on any atom is -0.347 e. The Balaban J connectivity index is 1.41. The summed E-state index contributed by atoms with van der Waals surface area (Å²) < 4.78 is 2.32. The van der Waals surface area contributed by atoms with Gasteiger partial charge in [0.1, 0.15) is 7.05 Å². The first-order valence-corrected chi connectivity index (χ1v) is 12.8. The van der Waals surface area contributed by atoms with Gasteiger partial charge in [-0.15, -0.1) is 0 Å². The fourth-order valence-corrected chi connectivity index (χ4v) is 6.61. The van der Waals surface area contributed by atoms with Gasteiger partial charge in [-0.25, -0.2) is 0 Å². The fourth-order valence-electron chi connectivity index (χ4n) is 6.29. The third-order valence-electron chi connectivity index (χ3n) is 8.32. The zero-order valence-electron chi connectivity index (χ0n) is 21.4. The molecule has 0 unspecified atom stereocenters. The van der Waals surface area contributed by atoms with Crippen LogP contribution in [-0.4, -0.2) is 29.3 Å². The molecular formula is C31H36ClN2+. The van der Waals surface area contributed by atoms with E-state index in [1.807, 2.05) is 0 Å². The van der Waals surface area contributed by atoms with Crippen molar-refractivity contribution in [3.63, 3.8) is 0 Å². The summed E-state index contributed by atoms with van der Waals surface area (Å²) in [5, 5.41) is 0.917. The van der Waals surface area contributed by atoms with Gasteiger partial charge in [-0.1, -0.05) is 61.9 Å². The molecule has 2 nitrogen and oxygen atoms in total. The summed E-state index contributed by atoms with van der Waals surface area (Å²) in [7, 11) is 4.36. The second-order valence-corrected chi connectivity index (χ2v) is 11.4. The van der Waals surface area contributed by atoms with Gasteiger partial charge >= 0.3 is 0 Å². The number of halogens is 1. The molecule has 176 valence electrons. The van der Waals surface area contributed by atoms with Gasteiger partial charge in [0.2, 0.25) is 5.69 Å². The number of benzene rings is 1. The highest BCUT2D eigenvalue weighted by Crippen LogP contribution is 2.50. The average Bonchev–Trinajstić information content (AvgIpc) is 3.33. The average molecular weight is 472 g/mol. The Morgan fingerprint density at radius 1 is 0.971 bits per heavy atom. The van der Waals surface area contributed by atoms with Crippen LogP contribution in [0, 0.1) is 5.41 Å². The lowest BCUT2D eigenvalue weighted by atomic mass is 9.79. The van der Waals surface area contributed by atoms with E-state index in [-0.39, 0.29) is 10.8 Å². The van der Waals surface area contributed by atoms with Gasteiger partial charge in [0.25, 0.3) is 0 Å². The maximum atomic E-state index is 6.91. The standard InChI is InChI=1S/C31H36ClN2/c1-30(2)23-11-7-9-13-25(23)33(5)27(30)19-17-21-15-16-22(29(21)32)18-20-28-31(3,4)24-12-8-10-14-26(24)34(28)6/h7,9-11,13-14,17-20H,8,12,15-16H2,1-6H3/q+1. The van der Waals surface area contributed by atoms with Gasteiger partial charge in [-0.3, -0.25) is 0 Å². The van der Waals surface area contributed by atoms with Crippen molar-refractivity contribution in [3.05, 3.63) is 99.4 Å². The summed E-state index contributed by atoms with van der Waals surface area (Å²) >= 11 is 6.91. The summed E-state index contributed by atoms with van der Waals surface area (Å²) in [6.07, 6.45) is 17.9. The third-order valence-corrected chi connectivity index (χ3v) is 8.80. The number of hydrogen-bond acceptors (Lipinski definition) is 1. The molecule has 0 radical (unpaired) electrons. The van der Waals surface area contributed by atoms with E-state index < -0.39 is 0 Å². The maximum absolute atomic E-state index is 6.91. The largest absolute Gasteiger partial charge is 0.347 e. The second kappa shape index (κ2) is 8.27. The summed E-state index contributed by atoms with van der Waals surface area (Å²) in [5.41, 5.74) is 10.8. The molecule has 34 heavy (non-hydrogen) atoms. The predicted octanol–water partition coefficient (Wildman–Crippen LogP) is 7.92. The van der Waals surface area contributed by atoms with Crippen LogP contribution < -0.4 is 0 Å². The topological polar surface area (TPSA) is 6.25 Å². The molecule has 0 saturated carbocycles. The van der Waals surface area contributed by atoms with Gasteiger partial charge in [-0.2, -0.15) is 4.58 Å². The van der Waals surface area contributed by atoms with Crippen molar-refractivity contribution in [1.29, 1.82) is 0 Å². The number of allylic oxidation sites excluding steroid dienone is 10. The molecule has 1 aromatic carbocycles. The Bertz CT molecular complexity index is 1270. The molecule has 3 heteroatoms. The summed E-state index contributed by atoms with van der Waals surface area (Å²) in [6.45, 7) is 9.31. The van der Waals surface area contributed by atoms with E-state index in [2.05, 4.69) is 112 Å². The van der Waals surface area contributed by atoms with Crippen LogP contribution in [0.4, 0.5) is 5.69 Å². The zero-order valence-corrected chi connectivity index (χ0v) is 22.1. The van der Waals surface area contributed by atoms with Crippen molar-refractivity contribution in [1.82, 2.24) is 4.90 Å². The Morgan fingerprint density at radius 3 is 2.47 bits per heavy atom. The Hall–Kier alpha value is -2.58. The lowest BCUT2D eigenvalue weighted by Gasteiger charge is -2.26. The van der Waals surface area contributed by atoms with Crippen LogP contribution in [0.15, 0.2) is 93.9 Å². The van der Waals surface area contributed by atoms with Crippen LogP contribution in [0.1, 0.15) is 58.9 Å². The van der Waals surface area contributed by atoms with Crippen LogP contribution in [0.3, 0.4) is 0 Å². The van der Waals surface area contributed by atoms with E-state index >= 15 is 0 Å². The predicted molar refractivity (Wildman–Crippen MR) is 145 cm³/mol. The van der Waals surface area contributed by atoms with E-state index in [9.17, 15) is 0 Å². The number of nitrogens with zero attached hydrogens (tertiary/aromatic N) is 2. The number of likely N-dealkylation sites (N-methyl/N-ethyl adjacent to an activating group) is 1. The highest BCUT2D eigenvalue weighted by molar-refractivity contribution is 6.33. The van der Waals surface area contributed by atoms with Crippen molar-refractivity contribution >= 4 is 23.0 Å². The van der Waals surface area contributed by atoms with E-state index in [4.69, 9.17) is 11.6 Å². The minimum atomic E-state index is -0.0181. The van der Waals surface area contributed by atoms with Crippen molar-refractivity contribution < 1.29 is 4.58 Å². The minimum absolute atomic E-state index is 0.0181. The second-order valence-electron chi connectivity index (χ2n) is 11.0. The van der Waals surface area contributed by atoms with Gasteiger partial charge in [0.05, 0.1) is 5.41 Å². The Labute approximate surface area is 210 Å². The SMILES string of the molecule is CN1C2=C(CCC=C2)C(C)(C)/C1=C/C=C1\CCC(/C=C/C2=[N+](C)c3ccccc3C2(C)C)=C1Cl. The van der Waals surface area contributed by atoms with Crippen LogP contribution in [0.25, 0.3) is 0 Å². The highest BCUT2D eigenvalue weighted by Gasteiger charge is 2.43. The summed E-state index contributed by atoms with van der Waals surface area (Å²) in [4.78, 5) is 2.36. The molecule has 0 bridgehead atoms. The lowest BCUT2D eigenvalue weighted by molar-refractivity contribution is -0.401. The molecule has 0 amide bonds. The van der Waals surface area contributed by atoms with Gasteiger partial charge < -0.3 is 4.90 Å². The van der Waals surface area contributed by atoms with Crippen molar-refractivity contribution in [2.24, 2.45) is 5.41 Å². The Kier molecular flexibility index (Phi) is 5.64. The molecule has 2 aliphatic carbocycles. The first kappa shape index (κ1) is 23.2. The molecule has 0 fully saturated rings. The van der Waals surface area contributed by atoms with E-state index in [0.717, 1.165) is 30.7 Å². The van der Waals surface area contributed by atoms with Crippen LogP contribution in [0.5, 0.6) is 0 Å². The van der Waals surface area contributed by atoms with Crippen molar-refractivity contribution in [2.75, 3.05) is 14.1 Å². The smallest absolute Gasteiger partial charge is 0.209 e. The zero-order chi connectivity index (χ0) is 24.3. The lowest BCUT2D eigenvalue weighted by Crippen LogP contribution is -2.26. The monoisotopic (exact) mass is 471 g/mol. The summed E-state index contributed by atoms with van der Waals surface area (Å²) in [5.74, 6) is 0. The molecule has 0 spiro atoms. The number of para-hydroxylation sites is 1. The molecule has 2 aliphatic heterocycles. The number of hydrogen-bond donors (Lipinski definition) is 0. The molecule has 0 saturated heterocycles. The van der Waals surface area contributed by atoms with Gasteiger partial charge in [0.15, 0.2) is 5.71 Å². The first-order valence-electron chi connectivity index (χ1n) is 12.5. The van der Waals surface area contributed by atoms with E-state index in [1.165, 1.54) is 39.5 Å². The quantitative estimate of drug-likeness (QED) is 0.405. The van der Waals surface area contributed by atoms with Crippen LogP contribution >= 0.6 is 11.6 Å². The third kappa shape index (κ3) is 3.50. The van der Waals surface area contributed by atoms with E-state index in [0.29, 0.717) is 0 Å². The fraction of sp³-hybridized carbons (Fsp3) is 0.387. The molecule has 5 rings (SSSR count). The molecular weight excluding hydrogens is 436 g/mol. The molecule has 1 aromatic rings. The van der Waals surface area contributed by atoms with Crippen molar-refractivity contribution in [2.45, 2.75) is 58.8 Å². The van der Waals surface area contributed by atoms with E-state index in [1.54, 1.807) is 5.57 Å². The molecule has 0 N–H and O–H groups in total. The highest BCUT2D eigenvalue weighted by atomic mass is 35.5. The molecule has 0 atom stereocenters. The molecule has 0 aromatic heterocycles. The van der Waals surface area contributed by atoms with Crippen LogP contribution in [-0.2, 0) is 5.41 Å². The van der Waals surface area contributed by atoms with Gasteiger partial charge in [-0.05, 0) is 68.4 Å². The normalized spacial score (nSPS) is 25.6. The van der Waals surface area contributed by atoms with Crippen molar-refractivity contribution in [3.8, 4) is 0 Å². The molecule has 4 aliphatic rings. The number of rotatable bonds is 3. The van der Waals surface area contributed by atoms with Crippen LogP contribution in [0.2, 0.25) is 0 Å². The summed E-state index contributed by atoms with van der Waals surface area (Å²) in [6, 6.07) is 8.70. The van der Waals surface area contributed by atoms with Gasteiger partial charge in [0, 0.05) is 46.6 Å². The molecule has 2 heterocycles. The Morgan fingerprint density at radius 2 is 1.74 bits per heavy atom. The number of fused-ring (bicyclic) bond motifs is 1. The first-order chi connectivity index (χ1) is 16.1.